The minimum atomic E-state index is -0.104. The van der Waals surface area contributed by atoms with E-state index < -0.39 is 0 Å². The number of amides is 1. The first kappa shape index (κ1) is 16.5. The van der Waals surface area contributed by atoms with Gasteiger partial charge in [0.15, 0.2) is 4.32 Å². The Bertz CT molecular complexity index is 811. The van der Waals surface area contributed by atoms with Gasteiger partial charge in [0, 0.05) is 0 Å². The van der Waals surface area contributed by atoms with Crippen molar-refractivity contribution in [2.75, 3.05) is 12.0 Å². The minimum absolute atomic E-state index is 0.104. The molecule has 0 unspecified atom stereocenters. The van der Waals surface area contributed by atoms with Crippen LogP contribution in [0.5, 0.6) is 5.75 Å². The van der Waals surface area contributed by atoms with Gasteiger partial charge in [0.1, 0.15) is 5.75 Å². The molecule has 1 aliphatic rings. The Morgan fingerprint density at radius 2 is 1.79 bits per heavy atom. The first-order valence-corrected chi connectivity index (χ1v) is 8.55. The number of rotatable bonds is 4. The average Bonchev–Trinajstić information content (AvgIpc) is 2.90. The van der Waals surface area contributed by atoms with Crippen molar-refractivity contribution in [3.63, 3.8) is 0 Å². The molecule has 0 N–H and O–H groups in total. The lowest BCUT2D eigenvalue weighted by atomic mass is 10.2. The number of nitrogens with zero attached hydrogens (tertiary/aromatic N) is 1. The standard InChI is InChI=1S/C19H15NO2S2/c1-22-16-12-10-15(11-13-16)20-18(21)17(24-19(20)23)9-5-8-14-6-3-2-4-7-14/h2-13H,1H3/b8-5+,17-9-. The lowest BCUT2D eigenvalue weighted by Crippen LogP contribution is -2.27. The van der Waals surface area contributed by atoms with Gasteiger partial charge in [0.2, 0.25) is 0 Å². The second-order valence-corrected chi connectivity index (χ2v) is 6.68. The molecule has 2 aromatic rings. The fourth-order valence-electron chi connectivity index (χ4n) is 2.25. The zero-order valence-electron chi connectivity index (χ0n) is 13.0. The number of carbonyl (C=O) groups excluding carboxylic acids is 1. The van der Waals surface area contributed by atoms with Gasteiger partial charge in [0.25, 0.3) is 5.91 Å². The Morgan fingerprint density at radius 3 is 2.46 bits per heavy atom. The second-order valence-electron chi connectivity index (χ2n) is 5.01. The highest BCUT2D eigenvalue weighted by molar-refractivity contribution is 8.27. The van der Waals surface area contributed by atoms with Gasteiger partial charge in [-0.1, -0.05) is 66.5 Å². The number of methoxy groups -OCH3 is 1. The average molecular weight is 353 g/mol. The number of hydrogen-bond donors (Lipinski definition) is 0. The van der Waals surface area contributed by atoms with E-state index >= 15 is 0 Å². The smallest absolute Gasteiger partial charge is 0.270 e. The van der Waals surface area contributed by atoms with Crippen molar-refractivity contribution in [2.45, 2.75) is 0 Å². The number of anilines is 1. The summed E-state index contributed by atoms with van der Waals surface area (Å²) in [5, 5.41) is 0. The van der Waals surface area contributed by atoms with Gasteiger partial charge >= 0.3 is 0 Å². The molecule has 0 saturated carbocycles. The SMILES string of the molecule is COc1ccc(N2C(=O)/C(=C/C=C/c3ccccc3)SC2=S)cc1. The molecule has 0 radical (unpaired) electrons. The van der Waals surface area contributed by atoms with Crippen molar-refractivity contribution in [3.8, 4) is 5.75 Å². The minimum Gasteiger partial charge on any atom is -0.497 e. The van der Waals surface area contributed by atoms with Crippen LogP contribution in [0.15, 0.2) is 71.7 Å². The van der Waals surface area contributed by atoms with Crippen LogP contribution in [0.25, 0.3) is 6.08 Å². The van der Waals surface area contributed by atoms with E-state index in [0.29, 0.717) is 9.23 Å². The first-order chi connectivity index (χ1) is 11.7. The maximum atomic E-state index is 12.6. The van der Waals surface area contributed by atoms with Gasteiger partial charge in [-0.25, -0.2) is 0 Å². The number of allylic oxidation sites excluding steroid dienone is 2. The largest absolute Gasteiger partial charge is 0.497 e. The molecule has 0 atom stereocenters. The van der Waals surface area contributed by atoms with Crippen LogP contribution in [0.3, 0.4) is 0 Å². The fraction of sp³-hybridized carbons (Fsp3) is 0.0526. The highest BCUT2D eigenvalue weighted by Crippen LogP contribution is 2.35. The Hall–Kier alpha value is -2.37. The molecule has 5 heteroatoms. The van der Waals surface area contributed by atoms with E-state index in [4.69, 9.17) is 17.0 Å². The second kappa shape index (κ2) is 7.47. The Labute approximate surface area is 150 Å². The normalized spacial score (nSPS) is 16.4. The summed E-state index contributed by atoms with van der Waals surface area (Å²) in [5.41, 5.74) is 1.83. The third kappa shape index (κ3) is 3.58. The molecule has 3 nitrogen and oxygen atoms in total. The Balaban J connectivity index is 1.78. The molecule has 1 amide bonds. The summed E-state index contributed by atoms with van der Waals surface area (Å²) in [6.07, 6.45) is 5.63. The van der Waals surface area contributed by atoms with E-state index in [1.165, 1.54) is 11.8 Å². The summed E-state index contributed by atoms with van der Waals surface area (Å²) in [6, 6.07) is 17.2. The van der Waals surface area contributed by atoms with Crippen LogP contribution in [0.4, 0.5) is 5.69 Å². The Kier molecular flexibility index (Phi) is 5.13. The van der Waals surface area contributed by atoms with E-state index in [9.17, 15) is 4.79 Å². The lowest BCUT2D eigenvalue weighted by molar-refractivity contribution is -0.113. The number of carbonyl (C=O) groups is 1. The third-order valence-corrected chi connectivity index (χ3v) is 4.78. The highest BCUT2D eigenvalue weighted by atomic mass is 32.2. The zero-order valence-corrected chi connectivity index (χ0v) is 14.6. The van der Waals surface area contributed by atoms with Crippen LogP contribution in [0.2, 0.25) is 0 Å². The summed E-state index contributed by atoms with van der Waals surface area (Å²) < 4.78 is 5.67. The van der Waals surface area contributed by atoms with Gasteiger partial charge in [-0.2, -0.15) is 0 Å². The summed E-state index contributed by atoms with van der Waals surface area (Å²) in [4.78, 5) is 14.8. The molecule has 0 aliphatic carbocycles. The number of thioether (sulfide) groups is 1. The number of ether oxygens (including phenoxy) is 1. The quantitative estimate of drug-likeness (QED) is 0.591. The van der Waals surface area contributed by atoms with Crippen molar-refractivity contribution in [1.29, 1.82) is 0 Å². The fourth-order valence-corrected chi connectivity index (χ4v) is 3.50. The first-order valence-electron chi connectivity index (χ1n) is 7.33. The summed E-state index contributed by atoms with van der Waals surface area (Å²) in [7, 11) is 1.61. The summed E-state index contributed by atoms with van der Waals surface area (Å²) >= 11 is 6.66. The van der Waals surface area contributed by atoms with Crippen molar-refractivity contribution < 1.29 is 9.53 Å². The van der Waals surface area contributed by atoms with E-state index in [0.717, 1.165) is 17.0 Å². The van der Waals surface area contributed by atoms with E-state index in [-0.39, 0.29) is 5.91 Å². The van der Waals surface area contributed by atoms with E-state index in [2.05, 4.69) is 0 Å². The molecule has 120 valence electrons. The predicted molar refractivity (Wildman–Crippen MR) is 104 cm³/mol. The molecule has 0 aromatic heterocycles. The van der Waals surface area contributed by atoms with E-state index in [1.54, 1.807) is 18.1 Å². The van der Waals surface area contributed by atoms with Gasteiger partial charge in [-0.3, -0.25) is 9.69 Å². The van der Waals surface area contributed by atoms with Crippen LogP contribution in [-0.4, -0.2) is 17.3 Å². The van der Waals surface area contributed by atoms with Crippen LogP contribution in [-0.2, 0) is 4.79 Å². The van der Waals surface area contributed by atoms with Gasteiger partial charge < -0.3 is 4.74 Å². The van der Waals surface area contributed by atoms with Crippen LogP contribution >= 0.6 is 24.0 Å². The molecular formula is C19H15NO2S2. The number of benzene rings is 2. The monoisotopic (exact) mass is 353 g/mol. The maximum Gasteiger partial charge on any atom is 0.270 e. The van der Waals surface area contributed by atoms with Crippen molar-refractivity contribution in [2.24, 2.45) is 0 Å². The van der Waals surface area contributed by atoms with E-state index in [1.807, 2.05) is 66.7 Å². The third-order valence-electron chi connectivity index (χ3n) is 3.46. The van der Waals surface area contributed by atoms with Crippen molar-refractivity contribution >= 4 is 46.0 Å². The zero-order chi connectivity index (χ0) is 16.9. The van der Waals surface area contributed by atoms with Crippen molar-refractivity contribution in [3.05, 3.63) is 77.2 Å². The number of hydrogen-bond acceptors (Lipinski definition) is 4. The molecule has 1 fully saturated rings. The summed E-state index contributed by atoms with van der Waals surface area (Å²) in [5.74, 6) is 0.637. The molecule has 3 rings (SSSR count). The predicted octanol–water partition coefficient (Wildman–Crippen LogP) is 4.66. The van der Waals surface area contributed by atoms with Crippen LogP contribution < -0.4 is 9.64 Å². The molecule has 1 aliphatic heterocycles. The van der Waals surface area contributed by atoms with Crippen LogP contribution in [0, 0.1) is 0 Å². The summed E-state index contributed by atoms with van der Waals surface area (Å²) in [6.45, 7) is 0. The molecular weight excluding hydrogens is 338 g/mol. The van der Waals surface area contributed by atoms with Crippen molar-refractivity contribution in [1.82, 2.24) is 0 Å². The molecule has 0 spiro atoms. The molecule has 2 aromatic carbocycles. The molecule has 1 saturated heterocycles. The van der Waals surface area contributed by atoms with Gasteiger partial charge in [0.05, 0.1) is 17.7 Å². The molecule has 24 heavy (non-hydrogen) atoms. The number of thiocarbonyl (C=S) groups is 1. The lowest BCUT2D eigenvalue weighted by Gasteiger charge is -2.14. The van der Waals surface area contributed by atoms with Gasteiger partial charge in [-0.15, -0.1) is 0 Å². The van der Waals surface area contributed by atoms with Crippen LogP contribution in [0.1, 0.15) is 5.56 Å². The highest BCUT2D eigenvalue weighted by Gasteiger charge is 2.32. The molecule has 1 heterocycles. The maximum absolute atomic E-state index is 12.6. The topological polar surface area (TPSA) is 29.5 Å². The Morgan fingerprint density at radius 1 is 1.08 bits per heavy atom. The van der Waals surface area contributed by atoms with Gasteiger partial charge in [-0.05, 0) is 35.9 Å². The molecule has 0 bridgehead atoms.